The summed E-state index contributed by atoms with van der Waals surface area (Å²) in [5.74, 6) is 0. The van der Waals surface area contributed by atoms with Crippen molar-refractivity contribution in [2.24, 2.45) is 0 Å². The zero-order chi connectivity index (χ0) is 11.9. The SMILES string of the molecule is [Ir].[N-]=C/C(=C\Nc1[c-]cccc1)c1ccccc1. The summed E-state index contributed by atoms with van der Waals surface area (Å²) in [4.78, 5) is 0. The van der Waals surface area contributed by atoms with Gasteiger partial charge in [0.25, 0.3) is 0 Å². The average Bonchev–Trinajstić information content (AvgIpc) is 2.42. The number of anilines is 1. The van der Waals surface area contributed by atoms with E-state index in [1.807, 2.05) is 54.6 Å². The summed E-state index contributed by atoms with van der Waals surface area (Å²) in [5, 5.41) is 12.3. The van der Waals surface area contributed by atoms with Gasteiger partial charge in [-0.25, -0.2) is 0 Å². The van der Waals surface area contributed by atoms with E-state index in [0.717, 1.165) is 23.0 Å². The summed E-state index contributed by atoms with van der Waals surface area (Å²) >= 11 is 0. The van der Waals surface area contributed by atoms with Gasteiger partial charge in [0.2, 0.25) is 0 Å². The van der Waals surface area contributed by atoms with Gasteiger partial charge in [-0.2, -0.15) is 30.5 Å². The molecule has 0 heterocycles. The molecular formula is C15H12IrN2-2. The maximum Gasteiger partial charge on any atom is 0.00513 e. The van der Waals surface area contributed by atoms with Crippen molar-refractivity contribution in [2.75, 3.05) is 5.32 Å². The average molecular weight is 412 g/mol. The zero-order valence-corrected chi connectivity index (χ0v) is 12.0. The van der Waals surface area contributed by atoms with Crippen molar-refractivity contribution in [2.45, 2.75) is 0 Å². The van der Waals surface area contributed by atoms with Gasteiger partial charge in [0.1, 0.15) is 0 Å². The largest absolute Gasteiger partial charge is 0.810 e. The summed E-state index contributed by atoms with van der Waals surface area (Å²) in [6.45, 7) is 0. The Hall–Kier alpha value is -1.70. The molecule has 3 heteroatoms. The first-order valence-electron chi connectivity index (χ1n) is 5.36. The number of hydrogen-bond donors (Lipinski definition) is 1. The van der Waals surface area contributed by atoms with Gasteiger partial charge in [-0.1, -0.05) is 36.0 Å². The van der Waals surface area contributed by atoms with Crippen molar-refractivity contribution in [3.05, 3.63) is 77.8 Å². The molecule has 1 radical (unpaired) electrons. The number of nitrogens with one attached hydrogen (secondary N) is 1. The van der Waals surface area contributed by atoms with Crippen LogP contribution in [0.1, 0.15) is 5.56 Å². The van der Waals surface area contributed by atoms with Gasteiger partial charge >= 0.3 is 0 Å². The Bertz CT molecular complexity index is 507. The Morgan fingerprint density at radius 1 is 1.06 bits per heavy atom. The molecule has 0 fully saturated rings. The topological polar surface area (TPSA) is 34.3 Å². The van der Waals surface area contributed by atoms with Gasteiger partial charge in [0, 0.05) is 26.3 Å². The van der Waals surface area contributed by atoms with Gasteiger partial charge in [0.15, 0.2) is 0 Å². The molecule has 18 heavy (non-hydrogen) atoms. The maximum atomic E-state index is 9.21. The number of allylic oxidation sites excluding steroid dienone is 1. The summed E-state index contributed by atoms with van der Waals surface area (Å²) in [6, 6.07) is 20.3. The van der Waals surface area contributed by atoms with Crippen LogP contribution in [-0.4, -0.2) is 6.21 Å². The summed E-state index contributed by atoms with van der Waals surface area (Å²) < 4.78 is 0. The maximum absolute atomic E-state index is 9.21. The van der Waals surface area contributed by atoms with Gasteiger partial charge in [-0.15, -0.1) is 6.07 Å². The summed E-state index contributed by atoms with van der Waals surface area (Å²) in [5.41, 5.74) is 2.55. The minimum absolute atomic E-state index is 0. The normalized spacial score (nSPS) is 10.3. The summed E-state index contributed by atoms with van der Waals surface area (Å²) in [7, 11) is 0. The summed E-state index contributed by atoms with van der Waals surface area (Å²) in [6.07, 6.45) is 2.84. The minimum Gasteiger partial charge on any atom is -0.810 e. The van der Waals surface area contributed by atoms with Crippen LogP contribution < -0.4 is 5.32 Å². The van der Waals surface area contributed by atoms with Crippen molar-refractivity contribution in [1.82, 2.24) is 0 Å². The molecule has 2 rings (SSSR count). The number of para-hydroxylation sites is 1. The quantitative estimate of drug-likeness (QED) is 0.605. The van der Waals surface area contributed by atoms with Crippen LogP contribution in [0, 0.1) is 6.07 Å². The Labute approximate surface area is 121 Å². The van der Waals surface area contributed by atoms with Crippen LogP contribution in [0.15, 0.2) is 60.8 Å². The van der Waals surface area contributed by atoms with Crippen LogP contribution in [0.25, 0.3) is 11.0 Å². The first-order valence-corrected chi connectivity index (χ1v) is 5.36. The molecule has 0 atom stereocenters. The molecule has 2 nitrogen and oxygen atoms in total. The number of rotatable bonds is 4. The van der Waals surface area contributed by atoms with E-state index in [4.69, 9.17) is 0 Å². The van der Waals surface area contributed by atoms with E-state index in [1.165, 1.54) is 0 Å². The molecule has 93 valence electrons. The third kappa shape index (κ3) is 3.95. The molecule has 2 aromatic carbocycles. The van der Waals surface area contributed by atoms with Gasteiger partial charge in [-0.05, 0) is 11.1 Å². The van der Waals surface area contributed by atoms with Crippen LogP contribution in [-0.2, 0) is 20.1 Å². The van der Waals surface area contributed by atoms with Gasteiger partial charge in [0.05, 0.1) is 0 Å². The Morgan fingerprint density at radius 2 is 1.78 bits per heavy atom. The Balaban J connectivity index is 0.00000162. The molecule has 0 bridgehead atoms. The molecular weight excluding hydrogens is 400 g/mol. The van der Waals surface area contributed by atoms with E-state index < -0.39 is 0 Å². The second-order valence-corrected chi connectivity index (χ2v) is 3.52. The molecule has 0 amide bonds. The predicted octanol–water partition coefficient (Wildman–Crippen LogP) is 3.58. The first kappa shape index (κ1) is 14.4. The van der Waals surface area contributed by atoms with Crippen molar-refractivity contribution < 1.29 is 20.1 Å². The molecule has 2 aromatic rings. The number of nitrogens with zero attached hydrogens (tertiary/aromatic N) is 1. The molecule has 0 aliphatic carbocycles. The number of benzene rings is 2. The van der Waals surface area contributed by atoms with Crippen molar-refractivity contribution in [1.29, 1.82) is 0 Å². The van der Waals surface area contributed by atoms with Crippen LogP contribution in [0.2, 0.25) is 0 Å². The van der Waals surface area contributed by atoms with E-state index in [2.05, 4.69) is 11.4 Å². The van der Waals surface area contributed by atoms with Crippen LogP contribution in [0.5, 0.6) is 0 Å². The fourth-order valence-corrected chi connectivity index (χ4v) is 1.46. The van der Waals surface area contributed by atoms with Crippen molar-refractivity contribution >= 4 is 17.5 Å². The third-order valence-corrected chi connectivity index (χ3v) is 2.34. The smallest absolute Gasteiger partial charge is 0.00513 e. The van der Waals surface area contributed by atoms with E-state index in [1.54, 1.807) is 6.20 Å². The molecule has 0 aliphatic rings. The Morgan fingerprint density at radius 3 is 2.39 bits per heavy atom. The molecule has 1 N–H and O–H groups in total. The van der Waals surface area contributed by atoms with Crippen LogP contribution in [0.3, 0.4) is 0 Å². The van der Waals surface area contributed by atoms with Gasteiger partial charge < -0.3 is 10.7 Å². The van der Waals surface area contributed by atoms with Crippen LogP contribution >= 0.6 is 0 Å². The third-order valence-electron chi connectivity index (χ3n) is 2.34. The van der Waals surface area contributed by atoms with Gasteiger partial charge in [-0.3, -0.25) is 0 Å². The molecule has 0 aliphatic heterocycles. The predicted molar refractivity (Wildman–Crippen MR) is 72.7 cm³/mol. The second-order valence-electron chi connectivity index (χ2n) is 3.52. The second kappa shape index (κ2) is 7.59. The van der Waals surface area contributed by atoms with Crippen molar-refractivity contribution in [3.63, 3.8) is 0 Å². The van der Waals surface area contributed by atoms with Crippen LogP contribution in [0.4, 0.5) is 5.69 Å². The Kier molecular flexibility index (Phi) is 6.06. The van der Waals surface area contributed by atoms with E-state index in [9.17, 15) is 5.41 Å². The fourth-order valence-electron chi connectivity index (χ4n) is 1.46. The molecule has 0 spiro atoms. The van der Waals surface area contributed by atoms with Crippen molar-refractivity contribution in [3.8, 4) is 0 Å². The van der Waals surface area contributed by atoms with E-state index >= 15 is 0 Å². The molecule has 0 saturated carbocycles. The number of hydrogen-bond acceptors (Lipinski definition) is 1. The zero-order valence-electron chi connectivity index (χ0n) is 9.63. The molecule has 0 saturated heterocycles. The minimum atomic E-state index is 0. The van der Waals surface area contributed by atoms with E-state index in [0.29, 0.717) is 0 Å². The molecule has 0 unspecified atom stereocenters. The fraction of sp³-hybridized carbons (Fsp3) is 0. The standard InChI is InChI=1S/C15H12N2.Ir/c16-11-14(13-7-3-1-4-8-13)12-17-15-9-5-2-6-10-15;/h1-9,11-12,17H;/q-2;/b14-12+;. The molecule has 0 aromatic heterocycles. The monoisotopic (exact) mass is 413 g/mol. The van der Waals surface area contributed by atoms with E-state index in [-0.39, 0.29) is 20.1 Å². The first-order chi connectivity index (χ1) is 8.40.